The van der Waals surface area contributed by atoms with Gasteiger partial charge in [0.05, 0.1) is 24.8 Å². The second-order valence-corrected chi connectivity index (χ2v) is 9.33. The number of hydrogen-bond acceptors (Lipinski definition) is 6. The first kappa shape index (κ1) is 25.0. The minimum atomic E-state index is -0.330. The van der Waals surface area contributed by atoms with Gasteiger partial charge >= 0.3 is 0 Å². The van der Waals surface area contributed by atoms with Gasteiger partial charge in [0.25, 0.3) is 5.91 Å². The van der Waals surface area contributed by atoms with E-state index in [2.05, 4.69) is 39.8 Å². The third-order valence-corrected chi connectivity index (χ3v) is 5.25. The van der Waals surface area contributed by atoms with Gasteiger partial charge in [-0.1, -0.05) is 11.6 Å². The highest BCUT2D eigenvalue weighted by molar-refractivity contribution is 6.32. The van der Waals surface area contributed by atoms with E-state index >= 15 is 0 Å². The van der Waals surface area contributed by atoms with Crippen molar-refractivity contribution in [2.45, 2.75) is 39.8 Å². The van der Waals surface area contributed by atoms with Gasteiger partial charge in [0, 0.05) is 36.5 Å². The quantitative estimate of drug-likeness (QED) is 0.557. The van der Waals surface area contributed by atoms with Crippen molar-refractivity contribution >= 4 is 28.9 Å². The summed E-state index contributed by atoms with van der Waals surface area (Å²) in [6, 6.07) is 12.1. The van der Waals surface area contributed by atoms with E-state index in [4.69, 9.17) is 25.8 Å². The fraction of sp³-hybridized carbons (Fsp3) is 0.480. The van der Waals surface area contributed by atoms with Crippen molar-refractivity contribution in [3.8, 4) is 11.5 Å². The molecule has 3 rings (SSSR count). The van der Waals surface area contributed by atoms with Gasteiger partial charge < -0.3 is 29.7 Å². The Hall–Kier alpha value is -2.64. The van der Waals surface area contributed by atoms with Crippen LogP contribution in [0.2, 0.25) is 5.02 Å². The largest absolute Gasteiger partial charge is 0.490 e. The number of ether oxygens (including phenoxy) is 3. The fourth-order valence-electron chi connectivity index (χ4n) is 3.53. The summed E-state index contributed by atoms with van der Waals surface area (Å²) in [4.78, 5) is 14.4. The number of carbonyl (C=O) groups excluding carboxylic acids is 1. The highest BCUT2D eigenvalue weighted by Gasteiger charge is 2.18. The van der Waals surface area contributed by atoms with E-state index in [9.17, 15) is 4.79 Å². The van der Waals surface area contributed by atoms with Gasteiger partial charge in [-0.25, -0.2) is 0 Å². The molecule has 8 heteroatoms. The summed E-state index contributed by atoms with van der Waals surface area (Å²) in [5.41, 5.74) is 2.83. The summed E-state index contributed by atoms with van der Waals surface area (Å²) in [6.07, 6.45) is 0. The summed E-state index contributed by atoms with van der Waals surface area (Å²) in [5.74, 6) is 0.682. The first-order chi connectivity index (χ1) is 15.7. The molecule has 0 bridgehead atoms. The molecule has 0 saturated carbocycles. The molecule has 0 spiro atoms. The van der Waals surface area contributed by atoms with Gasteiger partial charge in [-0.05, 0) is 69.7 Å². The maximum atomic E-state index is 12.1. The average molecular weight is 476 g/mol. The van der Waals surface area contributed by atoms with E-state index in [1.54, 1.807) is 0 Å². The predicted molar refractivity (Wildman–Crippen MR) is 133 cm³/mol. The number of nitrogens with one attached hydrogen (secondary N) is 2. The fourth-order valence-corrected chi connectivity index (χ4v) is 3.82. The molecule has 2 N–H and O–H groups in total. The molecule has 1 fully saturated rings. The normalized spacial score (nSPS) is 14.0. The molecule has 0 aliphatic carbocycles. The van der Waals surface area contributed by atoms with Crippen LogP contribution in [0, 0.1) is 0 Å². The Morgan fingerprint density at radius 3 is 2.45 bits per heavy atom. The van der Waals surface area contributed by atoms with Gasteiger partial charge in [0.1, 0.15) is 0 Å². The SMILES string of the molecule is CCOc1cc(CNc2ccc(N3CCOCC3)cc2)cc(Cl)c1OCC(=O)NC(C)(C)C. The zero-order valence-electron chi connectivity index (χ0n) is 19.9. The van der Waals surface area contributed by atoms with E-state index in [0.717, 1.165) is 37.6 Å². The molecule has 2 aromatic carbocycles. The number of carbonyl (C=O) groups is 1. The lowest BCUT2D eigenvalue weighted by atomic mass is 10.1. The maximum Gasteiger partial charge on any atom is 0.258 e. The summed E-state index contributed by atoms with van der Waals surface area (Å²) >= 11 is 6.50. The molecule has 0 radical (unpaired) electrons. The highest BCUT2D eigenvalue weighted by atomic mass is 35.5. The molecule has 1 amide bonds. The Bertz CT molecular complexity index is 922. The molecule has 1 aliphatic heterocycles. The smallest absolute Gasteiger partial charge is 0.258 e. The number of anilines is 2. The summed E-state index contributed by atoms with van der Waals surface area (Å²) < 4.78 is 16.9. The van der Waals surface area contributed by atoms with Crippen molar-refractivity contribution in [1.82, 2.24) is 5.32 Å². The molecular formula is C25H34ClN3O4. The molecule has 1 heterocycles. The average Bonchev–Trinajstić information content (AvgIpc) is 2.77. The molecule has 180 valence electrons. The number of benzene rings is 2. The number of nitrogens with zero attached hydrogens (tertiary/aromatic N) is 1. The number of halogens is 1. The molecule has 0 unspecified atom stereocenters. The third kappa shape index (κ3) is 7.72. The number of hydrogen-bond donors (Lipinski definition) is 2. The molecule has 7 nitrogen and oxygen atoms in total. The van der Waals surface area contributed by atoms with E-state index in [0.29, 0.717) is 29.7 Å². The van der Waals surface area contributed by atoms with Crippen LogP contribution in [0.15, 0.2) is 36.4 Å². The monoisotopic (exact) mass is 475 g/mol. The Morgan fingerprint density at radius 1 is 1.12 bits per heavy atom. The van der Waals surface area contributed by atoms with Gasteiger partial charge in [-0.3, -0.25) is 4.79 Å². The van der Waals surface area contributed by atoms with Crippen LogP contribution in [-0.4, -0.2) is 51.0 Å². The van der Waals surface area contributed by atoms with Crippen LogP contribution in [0.5, 0.6) is 11.5 Å². The van der Waals surface area contributed by atoms with E-state index in [-0.39, 0.29) is 18.1 Å². The van der Waals surface area contributed by atoms with E-state index in [1.807, 2.05) is 39.8 Å². The van der Waals surface area contributed by atoms with Gasteiger partial charge in [0.15, 0.2) is 18.1 Å². The van der Waals surface area contributed by atoms with Crippen LogP contribution in [0.1, 0.15) is 33.3 Å². The van der Waals surface area contributed by atoms with Crippen molar-refractivity contribution in [2.75, 3.05) is 49.7 Å². The first-order valence-corrected chi connectivity index (χ1v) is 11.7. The van der Waals surface area contributed by atoms with E-state index < -0.39 is 0 Å². The van der Waals surface area contributed by atoms with E-state index in [1.165, 1.54) is 5.69 Å². The molecular weight excluding hydrogens is 442 g/mol. The molecule has 2 aromatic rings. The summed E-state index contributed by atoms with van der Waals surface area (Å²) in [5, 5.41) is 6.70. The third-order valence-electron chi connectivity index (χ3n) is 4.97. The Labute approximate surface area is 201 Å². The standard InChI is InChI=1S/C25H34ClN3O4/c1-5-32-22-15-18(14-21(26)24(22)33-17-23(30)28-25(2,3)4)16-27-19-6-8-20(9-7-19)29-10-12-31-13-11-29/h6-9,14-15,27H,5,10-13,16-17H2,1-4H3,(H,28,30). The predicted octanol–water partition coefficient (Wildman–Crippen LogP) is 4.48. The topological polar surface area (TPSA) is 72.1 Å². The van der Waals surface area contributed by atoms with Crippen LogP contribution >= 0.6 is 11.6 Å². The van der Waals surface area contributed by atoms with Gasteiger partial charge in [-0.2, -0.15) is 0 Å². The first-order valence-electron chi connectivity index (χ1n) is 11.3. The highest BCUT2D eigenvalue weighted by Crippen LogP contribution is 2.37. The number of amides is 1. The number of morpholine rings is 1. The number of rotatable bonds is 9. The van der Waals surface area contributed by atoms with Gasteiger partial charge in [-0.15, -0.1) is 0 Å². The minimum absolute atomic E-state index is 0.135. The second kappa shape index (κ2) is 11.5. The van der Waals surface area contributed by atoms with Crippen molar-refractivity contribution in [1.29, 1.82) is 0 Å². The van der Waals surface area contributed by atoms with Crippen molar-refractivity contribution in [2.24, 2.45) is 0 Å². The van der Waals surface area contributed by atoms with Crippen molar-refractivity contribution < 1.29 is 19.0 Å². The van der Waals surface area contributed by atoms with Crippen LogP contribution < -0.4 is 25.0 Å². The van der Waals surface area contributed by atoms with Crippen LogP contribution in [0.25, 0.3) is 0 Å². The lowest BCUT2D eigenvalue weighted by Crippen LogP contribution is -2.43. The second-order valence-electron chi connectivity index (χ2n) is 8.92. The Morgan fingerprint density at radius 2 is 1.82 bits per heavy atom. The lowest BCUT2D eigenvalue weighted by Gasteiger charge is -2.29. The lowest BCUT2D eigenvalue weighted by molar-refractivity contribution is -0.124. The summed E-state index contributed by atoms with van der Waals surface area (Å²) in [7, 11) is 0. The van der Waals surface area contributed by atoms with Crippen LogP contribution in [-0.2, 0) is 16.1 Å². The van der Waals surface area contributed by atoms with Crippen LogP contribution in [0.3, 0.4) is 0 Å². The Kier molecular flexibility index (Phi) is 8.69. The van der Waals surface area contributed by atoms with Crippen LogP contribution in [0.4, 0.5) is 11.4 Å². The molecule has 33 heavy (non-hydrogen) atoms. The molecule has 0 aromatic heterocycles. The molecule has 1 aliphatic rings. The Balaban J connectivity index is 1.63. The van der Waals surface area contributed by atoms with Crippen molar-refractivity contribution in [3.05, 3.63) is 47.0 Å². The molecule has 0 atom stereocenters. The maximum absolute atomic E-state index is 12.1. The van der Waals surface area contributed by atoms with Crippen molar-refractivity contribution in [3.63, 3.8) is 0 Å². The zero-order valence-corrected chi connectivity index (χ0v) is 20.6. The minimum Gasteiger partial charge on any atom is -0.490 e. The van der Waals surface area contributed by atoms with Gasteiger partial charge in [0.2, 0.25) is 0 Å². The summed E-state index contributed by atoms with van der Waals surface area (Å²) in [6.45, 7) is 11.9. The molecule has 1 saturated heterocycles. The zero-order chi connectivity index (χ0) is 23.8.